The van der Waals surface area contributed by atoms with Gasteiger partial charge in [-0.1, -0.05) is 12.1 Å². The molecule has 0 saturated heterocycles. The van der Waals surface area contributed by atoms with Crippen molar-refractivity contribution in [3.8, 4) is 0 Å². The number of H-pyrrole nitrogens is 1. The second-order valence-corrected chi connectivity index (χ2v) is 8.78. The Morgan fingerprint density at radius 3 is 2.37 bits per heavy atom. The van der Waals surface area contributed by atoms with Gasteiger partial charge < -0.3 is 9.55 Å². The van der Waals surface area contributed by atoms with Crippen LogP contribution in [0, 0.1) is 6.92 Å². The second-order valence-electron chi connectivity index (χ2n) is 7.36. The Hall–Kier alpha value is -3.49. The van der Waals surface area contributed by atoms with Crippen molar-refractivity contribution in [1.29, 1.82) is 0 Å². The van der Waals surface area contributed by atoms with E-state index in [-0.39, 0.29) is 21.1 Å². The Morgan fingerprint density at radius 1 is 0.900 bits per heavy atom. The fourth-order valence-electron chi connectivity index (χ4n) is 4.29. The summed E-state index contributed by atoms with van der Waals surface area (Å²) >= 11 is 0. The molecule has 0 amide bonds. The van der Waals surface area contributed by atoms with Gasteiger partial charge in [0.25, 0.3) is 10.1 Å². The van der Waals surface area contributed by atoms with Gasteiger partial charge in [-0.2, -0.15) is 8.42 Å². The van der Waals surface area contributed by atoms with Crippen molar-refractivity contribution in [3.63, 3.8) is 0 Å². The molecule has 8 heteroatoms. The van der Waals surface area contributed by atoms with E-state index in [1.54, 1.807) is 42.8 Å². The lowest BCUT2D eigenvalue weighted by Crippen LogP contribution is -2.14. The van der Waals surface area contributed by atoms with Crippen LogP contribution in [0.25, 0.3) is 43.6 Å². The molecule has 2 heterocycles. The quantitative estimate of drug-likeness (QED) is 0.320. The second kappa shape index (κ2) is 6.01. The molecule has 2 N–H and O–H groups in total. The lowest BCUT2D eigenvalue weighted by atomic mass is 10.00. The van der Waals surface area contributed by atoms with Gasteiger partial charge in [-0.25, -0.2) is 0 Å². The van der Waals surface area contributed by atoms with E-state index >= 15 is 0 Å². The fourth-order valence-corrected chi connectivity index (χ4v) is 4.80. The Balaban J connectivity index is 2.05. The molecule has 0 fully saturated rings. The summed E-state index contributed by atoms with van der Waals surface area (Å²) in [6.07, 6.45) is 0. The number of hydrogen-bond acceptors (Lipinski definition) is 4. The number of aromatic amines is 1. The van der Waals surface area contributed by atoms with Crippen LogP contribution < -0.4 is 10.9 Å². The van der Waals surface area contributed by atoms with Crippen molar-refractivity contribution in [3.05, 3.63) is 74.5 Å². The van der Waals surface area contributed by atoms with Crippen molar-refractivity contribution >= 4 is 53.7 Å². The zero-order valence-electron chi connectivity index (χ0n) is 16.1. The highest BCUT2D eigenvalue weighted by Crippen LogP contribution is 2.28. The van der Waals surface area contributed by atoms with Crippen LogP contribution in [0.15, 0.2) is 63.0 Å². The first-order valence-corrected chi connectivity index (χ1v) is 10.6. The summed E-state index contributed by atoms with van der Waals surface area (Å²) in [4.78, 5) is 29.3. The number of benzene rings is 3. The molecule has 5 rings (SSSR count). The van der Waals surface area contributed by atoms with Gasteiger partial charge in [-0.05, 0) is 48.9 Å². The topological polar surface area (TPSA) is 109 Å². The molecule has 5 aromatic rings. The van der Waals surface area contributed by atoms with Gasteiger partial charge in [0, 0.05) is 28.7 Å². The van der Waals surface area contributed by atoms with Crippen LogP contribution in [0.2, 0.25) is 0 Å². The van der Waals surface area contributed by atoms with Crippen LogP contribution in [0.4, 0.5) is 0 Å². The molecule has 3 aromatic carbocycles. The number of nitrogens with zero attached hydrogens (tertiary/aromatic N) is 1. The van der Waals surface area contributed by atoms with E-state index in [9.17, 15) is 22.6 Å². The number of fused-ring (bicyclic) bond motifs is 4. The number of para-hydroxylation sites is 1. The van der Waals surface area contributed by atoms with Crippen molar-refractivity contribution in [2.24, 2.45) is 7.05 Å². The SMILES string of the molecule is Cc1c2c(=O)c3ccccc3[nH]c2cc2c(=O)c3cc(S(=O)(=O)O)ccc3n(C)c12. The highest BCUT2D eigenvalue weighted by molar-refractivity contribution is 7.85. The monoisotopic (exact) mass is 420 g/mol. The van der Waals surface area contributed by atoms with Gasteiger partial charge in [-0.15, -0.1) is 0 Å². The standard InChI is InChI=1S/C22H16N2O5S/c1-11-19-17(23-16-6-4-3-5-13(16)22(19)26)10-15-20(11)24(2)18-8-7-12(30(27,28)29)9-14(18)21(15)25/h3-10H,1-2H3,(H,23,26)(H,27,28,29). The molecule has 0 radical (unpaired) electrons. The molecule has 0 saturated carbocycles. The highest BCUT2D eigenvalue weighted by atomic mass is 32.2. The fraction of sp³-hybridized carbons (Fsp3) is 0.0909. The van der Waals surface area contributed by atoms with E-state index < -0.39 is 10.1 Å². The molecular formula is C22H16N2O5S. The largest absolute Gasteiger partial charge is 0.354 e. The number of rotatable bonds is 1. The predicted octanol–water partition coefficient (Wildman–Crippen LogP) is 3.24. The molecule has 0 aliphatic carbocycles. The van der Waals surface area contributed by atoms with Gasteiger partial charge in [0.15, 0.2) is 10.9 Å². The lowest BCUT2D eigenvalue weighted by Gasteiger charge is -2.15. The molecular weight excluding hydrogens is 404 g/mol. The van der Waals surface area contributed by atoms with Crippen molar-refractivity contribution in [1.82, 2.24) is 9.55 Å². The van der Waals surface area contributed by atoms with Crippen LogP contribution in [0.3, 0.4) is 0 Å². The summed E-state index contributed by atoms with van der Waals surface area (Å²) in [6.45, 7) is 1.80. The van der Waals surface area contributed by atoms with Crippen molar-refractivity contribution in [2.75, 3.05) is 0 Å². The minimum absolute atomic E-state index is 0.118. The maximum absolute atomic E-state index is 13.3. The molecule has 0 aliphatic rings. The van der Waals surface area contributed by atoms with E-state index in [2.05, 4.69) is 4.98 Å². The van der Waals surface area contributed by atoms with E-state index in [1.165, 1.54) is 18.2 Å². The van der Waals surface area contributed by atoms with Crippen LogP contribution in [0.1, 0.15) is 5.56 Å². The maximum atomic E-state index is 13.3. The summed E-state index contributed by atoms with van der Waals surface area (Å²) < 4.78 is 34.2. The number of pyridine rings is 2. The third-order valence-corrected chi connectivity index (χ3v) is 6.51. The predicted molar refractivity (Wildman–Crippen MR) is 117 cm³/mol. The van der Waals surface area contributed by atoms with Crippen molar-refractivity contribution < 1.29 is 13.0 Å². The van der Waals surface area contributed by atoms with Gasteiger partial charge in [0.2, 0.25) is 0 Å². The van der Waals surface area contributed by atoms with Gasteiger partial charge >= 0.3 is 0 Å². The molecule has 0 atom stereocenters. The summed E-state index contributed by atoms with van der Waals surface area (Å²) in [6, 6.07) is 12.7. The molecule has 0 spiro atoms. The molecule has 2 aromatic heterocycles. The zero-order chi connectivity index (χ0) is 21.4. The van der Waals surface area contributed by atoms with Crippen LogP contribution >= 0.6 is 0 Å². The van der Waals surface area contributed by atoms with E-state index in [4.69, 9.17) is 0 Å². The van der Waals surface area contributed by atoms with Gasteiger partial charge in [-0.3, -0.25) is 14.1 Å². The number of hydrogen-bond donors (Lipinski definition) is 2. The Labute approximate surface area is 169 Å². The van der Waals surface area contributed by atoms with Crippen molar-refractivity contribution in [2.45, 2.75) is 11.8 Å². The van der Waals surface area contributed by atoms with Crippen LogP contribution in [-0.4, -0.2) is 22.5 Å². The third-order valence-electron chi connectivity index (χ3n) is 5.66. The summed E-state index contributed by atoms with van der Waals surface area (Å²) in [5, 5.41) is 1.59. The maximum Gasteiger partial charge on any atom is 0.294 e. The number of aryl methyl sites for hydroxylation is 2. The minimum Gasteiger partial charge on any atom is -0.354 e. The third kappa shape index (κ3) is 2.44. The average molecular weight is 420 g/mol. The van der Waals surface area contributed by atoms with Gasteiger partial charge in [0.05, 0.1) is 26.8 Å². The molecule has 150 valence electrons. The van der Waals surface area contributed by atoms with E-state index in [1.807, 2.05) is 6.07 Å². The van der Waals surface area contributed by atoms with E-state index in [0.29, 0.717) is 43.8 Å². The molecule has 7 nitrogen and oxygen atoms in total. The zero-order valence-corrected chi connectivity index (χ0v) is 16.9. The summed E-state index contributed by atoms with van der Waals surface area (Å²) in [5.41, 5.74) is 2.47. The Kier molecular flexibility index (Phi) is 3.71. The minimum atomic E-state index is -4.45. The van der Waals surface area contributed by atoms with Crippen LogP contribution in [-0.2, 0) is 17.2 Å². The first-order valence-electron chi connectivity index (χ1n) is 9.17. The Morgan fingerprint density at radius 2 is 1.63 bits per heavy atom. The molecule has 30 heavy (non-hydrogen) atoms. The molecule has 0 bridgehead atoms. The first kappa shape index (κ1) is 18.5. The Bertz CT molecular complexity index is 1780. The summed E-state index contributed by atoms with van der Waals surface area (Å²) in [5.74, 6) is 0. The van der Waals surface area contributed by atoms with E-state index in [0.717, 1.165) is 0 Å². The number of aromatic nitrogens is 2. The highest BCUT2D eigenvalue weighted by Gasteiger charge is 2.18. The smallest absolute Gasteiger partial charge is 0.294 e. The molecule has 0 unspecified atom stereocenters. The summed E-state index contributed by atoms with van der Waals surface area (Å²) in [7, 11) is -2.69. The average Bonchev–Trinajstić information content (AvgIpc) is 2.70. The van der Waals surface area contributed by atoms with Gasteiger partial charge in [0.1, 0.15) is 0 Å². The molecule has 0 aliphatic heterocycles. The number of nitrogens with one attached hydrogen (secondary N) is 1. The normalized spacial score (nSPS) is 12.4. The lowest BCUT2D eigenvalue weighted by molar-refractivity contribution is 0.483. The van der Waals surface area contributed by atoms with Crippen LogP contribution in [0.5, 0.6) is 0 Å². The first-order chi connectivity index (χ1) is 14.2.